The highest BCUT2D eigenvalue weighted by Crippen LogP contribution is 2.15. The van der Waals surface area contributed by atoms with E-state index < -0.39 is 12.0 Å². The summed E-state index contributed by atoms with van der Waals surface area (Å²) in [4.78, 5) is 22.8. The lowest BCUT2D eigenvalue weighted by molar-refractivity contribution is -0.117. The third-order valence-electron chi connectivity index (χ3n) is 2.48. The molecule has 1 amide bonds. The second kappa shape index (κ2) is 6.16. The van der Waals surface area contributed by atoms with E-state index in [0.717, 1.165) is 0 Å². The van der Waals surface area contributed by atoms with Crippen molar-refractivity contribution in [3.8, 4) is 0 Å². The number of hydrogen-bond acceptors (Lipinski definition) is 3. The molecule has 1 aromatic carbocycles. The molecule has 1 atom stereocenters. The monoisotopic (exact) mass is 250 g/mol. The molecule has 0 aliphatic heterocycles. The second-order valence-electron chi connectivity index (χ2n) is 4.58. The summed E-state index contributed by atoms with van der Waals surface area (Å²) >= 11 is 0. The van der Waals surface area contributed by atoms with Gasteiger partial charge in [-0.05, 0) is 24.5 Å². The maximum Gasteiger partial charge on any atom is 0.337 e. The van der Waals surface area contributed by atoms with Crippen molar-refractivity contribution in [3.63, 3.8) is 0 Å². The minimum atomic E-state index is -1.08. The minimum absolute atomic E-state index is 0.0580. The van der Waals surface area contributed by atoms with Crippen LogP contribution in [0.1, 0.15) is 30.6 Å². The summed E-state index contributed by atoms with van der Waals surface area (Å²) in [5.74, 6) is -1.14. The number of aromatic carboxylic acids is 1. The number of carbonyl (C=O) groups is 2. The van der Waals surface area contributed by atoms with Crippen LogP contribution >= 0.6 is 0 Å². The number of nitrogens with one attached hydrogen (secondary N) is 1. The van der Waals surface area contributed by atoms with Gasteiger partial charge in [0.15, 0.2) is 0 Å². The van der Waals surface area contributed by atoms with Gasteiger partial charge in [0.1, 0.15) is 0 Å². The molecule has 0 aliphatic carbocycles. The fraction of sp³-hybridized carbons (Fsp3) is 0.385. The molecule has 18 heavy (non-hydrogen) atoms. The SMILES string of the molecule is CC(C)CC(N)C(=O)Nc1ccccc1C(=O)O. The Labute approximate surface area is 106 Å². The molecule has 0 saturated heterocycles. The highest BCUT2D eigenvalue weighted by atomic mass is 16.4. The maximum atomic E-state index is 11.8. The van der Waals surface area contributed by atoms with Crippen molar-refractivity contribution in [1.29, 1.82) is 0 Å². The summed E-state index contributed by atoms with van der Waals surface area (Å²) in [6.07, 6.45) is 0.557. The molecule has 1 rings (SSSR count). The summed E-state index contributed by atoms with van der Waals surface area (Å²) in [5.41, 5.74) is 6.06. The van der Waals surface area contributed by atoms with Crippen molar-refractivity contribution in [2.24, 2.45) is 11.7 Å². The summed E-state index contributed by atoms with van der Waals surface area (Å²) in [6.45, 7) is 3.94. The van der Waals surface area contributed by atoms with Gasteiger partial charge in [-0.2, -0.15) is 0 Å². The lowest BCUT2D eigenvalue weighted by atomic mass is 10.0. The van der Waals surface area contributed by atoms with E-state index in [9.17, 15) is 9.59 Å². The van der Waals surface area contributed by atoms with E-state index in [2.05, 4.69) is 5.32 Å². The number of para-hydroxylation sites is 1. The molecule has 5 heteroatoms. The molecule has 0 fully saturated rings. The summed E-state index contributed by atoms with van der Waals surface area (Å²) in [5, 5.41) is 11.5. The van der Waals surface area contributed by atoms with E-state index in [-0.39, 0.29) is 17.2 Å². The van der Waals surface area contributed by atoms with Crippen LogP contribution in [0.3, 0.4) is 0 Å². The number of benzene rings is 1. The van der Waals surface area contributed by atoms with Crippen LogP contribution in [0.2, 0.25) is 0 Å². The van der Waals surface area contributed by atoms with Crippen molar-refractivity contribution in [2.45, 2.75) is 26.3 Å². The molecule has 5 nitrogen and oxygen atoms in total. The van der Waals surface area contributed by atoms with Crippen LogP contribution in [0, 0.1) is 5.92 Å². The Morgan fingerprint density at radius 3 is 2.50 bits per heavy atom. The second-order valence-corrected chi connectivity index (χ2v) is 4.58. The van der Waals surface area contributed by atoms with Crippen molar-refractivity contribution >= 4 is 17.6 Å². The lowest BCUT2D eigenvalue weighted by Crippen LogP contribution is -2.37. The molecule has 0 radical (unpaired) electrons. The predicted octanol–water partition coefficient (Wildman–Crippen LogP) is 1.70. The summed E-state index contributed by atoms with van der Waals surface area (Å²) in [7, 11) is 0. The summed E-state index contributed by atoms with van der Waals surface area (Å²) < 4.78 is 0. The molecule has 98 valence electrons. The average molecular weight is 250 g/mol. The average Bonchev–Trinajstić information content (AvgIpc) is 2.28. The molecular formula is C13H18N2O3. The normalized spacial score (nSPS) is 12.2. The van der Waals surface area contributed by atoms with Crippen molar-refractivity contribution in [2.75, 3.05) is 5.32 Å². The lowest BCUT2D eigenvalue weighted by Gasteiger charge is -2.15. The van der Waals surface area contributed by atoms with Crippen LogP contribution in [-0.2, 0) is 4.79 Å². The van der Waals surface area contributed by atoms with Crippen molar-refractivity contribution < 1.29 is 14.7 Å². The quantitative estimate of drug-likeness (QED) is 0.741. The van der Waals surface area contributed by atoms with Gasteiger partial charge in [-0.15, -0.1) is 0 Å². The molecule has 0 aliphatic rings. The van der Waals surface area contributed by atoms with Crippen molar-refractivity contribution in [3.05, 3.63) is 29.8 Å². The number of amides is 1. The zero-order chi connectivity index (χ0) is 13.7. The van der Waals surface area contributed by atoms with Crippen LogP contribution in [-0.4, -0.2) is 23.0 Å². The Morgan fingerprint density at radius 2 is 1.94 bits per heavy atom. The Bertz CT molecular complexity index is 444. The van der Waals surface area contributed by atoms with Gasteiger partial charge in [0.05, 0.1) is 17.3 Å². The molecule has 0 spiro atoms. The first kappa shape index (κ1) is 14.2. The van der Waals surface area contributed by atoms with E-state index in [0.29, 0.717) is 12.3 Å². The molecule has 0 aromatic heterocycles. The van der Waals surface area contributed by atoms with E-state index >= 15 is 0 Å². The smallest absolute Gasteiger partial charge is 0.337 e. The number of nitrogens with two attached hydrogens (primary N) is 1. The third-order valence-corrected chi connectivity index (χ3v) is 2.48. The van der Waals surface area contributed by atoms with Gasteiger partial charge in [0.25, 0.3) is 0 Å². The molecule has 0 saturated carbocycles. The molecule has 1 aromatic rings. The summed E-state index contributed by atoms with van der Waals surface area (Å²) in [6, 6.07) is 5.62. The fourth-order valence-corrected chi connectivity index (χ4v) is 1.62. The van der Waals surface area contributed by atoms with Crippen LogP contribution in [0.15, 0.2) is 24.3 Å². The molecule has 4 N–H and O–H groups in total. The minimum Gasteiger partial charge on any atom is -0.478 e. The Hall–Kier alpha value is -1.88. The number of hydrogen-bond donors (Lipinski definition) is 3. The van der Waals surface area contributed by atoms with Crippen LogP contribution in [0.25, 0.3) is 0 Å². The number of carbonyl (C=O) groups excluding carboxylic acids is 1. The third kappa shape index (κ3) is 3.85. The van der Waals surface area contributed by atoms with Gasteiger partial charge in [0, 0.05) is 0 Å². The number of carboxylic acid groups (broad SMARTS) is 1. The fourth-order valence-electron chi connectivity index (χ4n) is 1.62. The topological polar surface area (TPSA) is 92.4 Å². The van der Waals surface area contributed by atoms with Crippen LogP contribution in [0.5, 0.6) is 0 Å². The van der Waals surface area contributed by atoms with Gasteiger partial charge in [-0.3, -0.25) is 4.79 Å². The van der Waals surface area contributed by atoms with E-state index in [1.165, 1.54) is 6.07 Å². The van der Waals surface area contributed by atoms with Gasteiger partial charge in [-0.25, -0.2) is 4.79 Å². The van der Waals surface area contributed by atoms with Gasteiger partial charge < -0.3 is 16.2 Å². The maximum absolute atomic E-state index is 11.8. The number of rotatable bonds is 5. The predicted molar refractivity (Wildman–Crippen MR) is 69.5 cm³/mol. The molecular weight excluding hydrogens is 232 g/mol. The van der Waals surface area contributed by atoms with E-state index in [1.807, 2.05) is 13.8 Å². The van der Waals surface area contributed by atoms with E-state index in [4.69, 9.17) is 10.8 Å². The highest BCUT2D eigenvalue weighted by Gasteiger charge is 2.17. The zero-order valence-electron chi connectivity index (χ0n) is 10.5. The Kier molecular flexibility index (Phi) is 4.85. The van der Waals surface area contributed by atoms with Gasteiger partial charge in [-0.1, -0.05) is 26.0 Å². The van der Waals surface area contributed by atoms with Crippen molar-refractivity contribution in [1.82, 2.24) is 0 Å². The first-order valence-corrected chi connectivity index (χ1v) is 5.80. The first-order chi connectivity index (χ1) is 8.41. The first-order valence-electron chi connectivity index (χ1n) is 5.80. The molecule has 0 heterocycles. The Morgan fingerprint density at radius 1 is 1.33 bits per heavy atom. The Balaban J connectivity index is 2.79. The van der Waals surface area contributed by atoms with Gasteiger partial charge >= 0.3 is 5.97 Å². The zero-order valence-corrected chi connectivity index (χ0v) is 10.5. The van der Waals surface area contributed by atoms with Gasteiger partial charge in [0.2, 0.25) is 5.91 Å². The van der Waals surface area contributed by atoms with E-state index in [1.54, 1.807) is 18.2 Å². The van der Waals surface area contributed by atoms with Crippen LogP contribution < -0.4 is 11.1 Å². The standard InChI is InChI=1S/C13H18N2O3/c1-8(2)7-10(14)12(16)15-11-6-4-3-5-9(11)13(17)18/h3-6,8,10H,7,14H2,1-2H3,(H,15,16)(H,17,18). The highest BCUT2D eigenvalue weighted by molar-refractivity contribution is 6.02. The molecule has 0 bridgehead atoms. The largest absolute Gasteiger partial charge is 0.478 e. The number of carboxylic acids is 1. The number of anilines is 1. The van der Waals surface area contributed by atoms with Crippen LogP contribution in [0.4, 0.5) is 5.69 Å². The molecule has 1 unspecified atom stereocenters.